The lowest BCUT2D eigenvalue weighted by Gasteiger charge is -2.19. The average Bonchev–Trinajstić information content (AvgIpc) is 2.90. The standard InChI is InChI=1S/C29H26O9S2/c1-19-9-13-23(14-10-19)39(32,33)37-25-17-26(38-40(34,35)24-15-11-20(2)12-16-24)27(29(30)31)28(21(25)3)36-18-22-7-5-4-6-8-22/h4-17H,18H2,1-3H3,(H,30,31). The average molecular weight is 583 g/mol. The molecule has 4 aromatic rings. The first-order valence-corrected chi connectivity index (χ1v) is 14.8. The first kappa shape index (κ1) is 28.7. The molecule has 1 N–H and O–H groups in total. The van der Waals surface area contributed by atoms with Crippen LogP contribution >= 0.6 is 0 Å². The van der Waals surface area contributed by atoms with Gasteiger partial charge in [0.1, 0.15) is 27.7 Å². The van der Waals surface area contributed by atoms with E-state index >= 15 is 0 Å². The Labute approximate surface area is 232 Å². The Morgan fingerprint density at radius 2 is 1.18 bits per heavy atom. The van der Waals surface area contributed by atoms with Crippen molar-refractivity contribution in [2.45, 2.75) is 37.2 Å². The fourth-order valence-electron chi connectivity index (χ4n) is 3.72. The van der Waals surface area contributed by atoms with Crippen LogP contribution in [-0.2, 0) is 26.8 Å². The van der Waals surface area contributed by atoms with Gasteiger partial charge in [-0.15, -0.1) is 0 Å². The van der Waals surface area contributed by atoms with E-state index in [1.54, 1.807) is 68.4 Å². The van der Waals surface area contributed by atoms with Crippen LogP contribution in [0.25, 0.3) is 0 Å². The Kier molecular flexibility index (Phi) is 8.17. The highest BCUT2D eigenvalue weighted by molar-refractivity contribution is 7.87. The fraction of sp³-hybridized carbons (Fsp3) is 0.138. The van der Waals surface area contributed by atoms with Crippen molar-refractivity contribution in [3.8, 4) is 17.2 Å². The second-order valence-electron chi connectivity index (χ2n) is 8.98. The van der Waals surface area contributed by atoms with Gasteiger partial charge in [-0.2, -0.15) is 16.8 Å². The summed E-state index contributed by atoms with van der Waals surface area (Å²) >= 11 is 0. The monoisotopic (exact) mass is 582 g/mol. The van der Waals surface area contributed by atoms with Crippen LogP contribution in [0, 0.1) is 20.8 Å². The predicted octanol–water partition coefficient (Wildman–Crippen LogP) is 5.42. The van der Waals surface area contributed by atoms with Crippen LogP contribution in [0.1, 0.15) is 32.6 Å². The molecule has 11 heteroatoms. The summed E-state index contributed by atoms with van der Waals surface area (Å²) in [5, 5.41) is 10.1. The molecule has 208 valence electrons. The summed E-state index contributed by atoms with van der Waals surface area (Å²) in [5.41, 5.74) is 1.73. The van der Waals surface area contributed by atoms with E-state index in [9.17, 15) is 26.7 Å². The van der Waals surface area contributed by atoms with Gasteiger partial charge in [0.05, 0.1) is 0 Å². The van der Waals surface area contributed by atoms with Gasteiger partial charge in [0.25, 0.3) is 0 Å². The Bertz CT molecular complexity index is 1750. The summed E-state index contributed by atoms with van der Waals surface area (Å²) in [4.78, 5) is 12.0. The minimum atomic E-state index is -4.52. The van der Waals surface area contributed by atoms with E-state index in [0.29, 0.717) is 5.56 Å². The van der Waals surface area contributed by atoms with E-state index in [1.807, 2.05) is 0 Å². The molecular formula is C29H26O9S2. The van der Waals surface area contributed by atoms with Crippen molar-refractivity contribution in [1.29, 1.82) is 0 Å². The molecule has 0 bridgehead atoms. The lowest BCUT2D eigenvalue weighted by Crippen LogP contribution is -2.16. The summed E-state index contributed by atoms with van der Waals surface area (Å²) < 4.78 is 68.9. The van der Waals surface area contributed by atoms with Gasteiger partial charge in [-0.1, -0.05) is 65.7 Å². The topological polar surface area (TPSA) is 133 Å². The molecule has 0 amide bonds. The van der Waals surface area contributed by atoms with Crippen molar-refractivity contribution >= 4 is 26.2 Å². The molecule has 0 saturated heterocycles. The molecule has 4 aromatic carbocycles. The van der Waals surface area contributed by atoms with Crippen molar-refractivity contribution < 1.29 is 39.8 Å². The fourth-order valence-corrected chi connectivity index (χ4v) is 5.63. The van der Waals surface area contributed by atoms with Crippen molar-refractivity contribution in [2.24, 2.45) is 0 Å². The molecule has 0 unspecified atom stereocenters. The number of carboxylic acids is 1. The van der Waals surface area contributed by atoms with E-state index < -0.39 is 37.5 Å². The van der Waals surface area contributed by atoms with Crippen LogP contribution in [0.2, 0.25) is 0 Å². The summed E-state index contributed by atoms with van der Waals surface area (Å²) in [6.07, 6.45) is 0. The number of hydrogen-bond donors (Lipinski definition) is 1. The molecule has 0 aromatic heterocycles. The second kappa shape index (κ2) is 11.4. The third kappa shape index (κ3) is 6.44. The van der Waals surface area contributed by atoms with Crippen molar-refractivity contribution in [2.75, 3.05) is 0 Å². The molecule has 0 heterocycles. The zero-order valence-corrected chi connectivity index (χ0v) is 23.5. The minimum Gasteiger partial charge on any atom is -0.487 e. The molecule has 0 aliphatic heterocycles. The van der Waals surface area contributed by atoms with E-state index in [4.69, 9.17) is 13.1 Å². The highest BCUT2D eigenvalue weighted by Crippen LogP contribution is 2.41. The number of carbonyl (C=O) groups is 1. The Morgan fingerprint density at radius 1 is 0.700 bits per heavy atom. The highest BCUT2D eigenvalue weighted by atomic mass is 32.2. The molecule has 0 aliphatic carbocycles. The first-order valence-electron chi connectivity index (χ1n) is 12.0. The number of aryl methyl sites for hydroxylation is 2. The van der Waals surface area contributed by atoms with Crippen molar-refractivity contribution in [3.05, 3.63) is 113 Å². The smallest absolute Gasteiger partial charge is 0.343 e. The number of benzene rings is 4. The number of carboxylic acid groups (broad SMARTS) is 1. The SMILES string of the molecule is Cc1ccc(S(=O)(=O)Oc2cc(OS(=O)(=O)c3ccc(C)cc3)c(C(=O)O)c(OCc3ccccc3)c2C)cc1. The molecule has 9 nitrogen and oxygen atoms in total. The molecule has 40 heavy (non-hydrogen) atoms. The molecule has 0 saturated carbocycles. The van der Waals surface area contributed by atoms with E-state index in [2.05, 4.69) is 0 Å². The lowest BCUT2D eigenvalue weighted by atomic mass is 10.1. The molecule has 4 rings (SSSR count). The zero-order chi connectivity index (χ0) is 29.1. The van der Waals surface area contributed by atoms with Gasteiger partial charge in [0, 0.05) is 11.6 Å². The highest BCUT2D eigenvalue weighted by Gasteiger charge is 2.30. The largest absolute Gasteiger partial charge is 0.487 e. The summed E-state index contributed by atoms with van der Waals surface area (Å²) in [6.45, 7) is 4.87. The summed E-state index contributed by atoms with van der Waals surface area (Å²) in [7, 11) is -8.92. The van der Waals surface area contributed by atoms with Crippen LogP contribution in [0.5, 0.6) is 17.2 Å². The van der Waals surface area contributed by atoms with E-state index in [0.717, 1.165) is 17.2 Å². The Hall–Kier alpha value is -4.35. The molecule has 0 fully saturated rings. The van der Waals surface area contributed by atoms with Gasteiger partial charge in [0.2, 0.25) is 0 Å². The van der Waals surface area contributed by atoms with E-state index in [1.165, 1.54) is 31.2 Å². The zero-order valence-electron chi connectivity index (χ0n) is 21.8. The molecule has 0 spiro atoms. The van der Waals surface area contributed by atoms with Crippen molar-refractivity contribution in [3.63, 3.8) is 0 Å². The van der Waals surface area contributed by atoms with Crippen LogP contribution in [0.15, 0.2) is 94.7 Å². The molecule has 0 aliphatic rings. The molecule has 0 radical (unpaired) electrons. The third-order valence-corrected chi connectivity index (χ3v) is 8.40. The van der Waals surface area contributed by atoms with E-state index in [-0.39, 0.29) is 33.5 Å². The quantitative estimate of drug-likeness (QED) is 0.243. The molecular weight excluding hydrogens is 556 g/mol. The summed E-state index contributed by atoms with van der Waals surface area (Å²) in [6, 6.07) is 21.4. The van der Waals surface area contributed by atoms with Crippen LogP contribution in [0.4, 0.5) is 0 Å². The van der Waals surface area contributed by atoms with Gasteiger partial charge in [-0.25, -0.2) is 4.79 Å². The normalized spacial score (nSPS) is 11.6. The number of aromatic carboxylic acids is 1. The summed E-state index contributed by atoms with van der Waals surface area (Å²) in [5.74, 6) is -2.88. The van der Waals surface area contributed by atoms with Crippen LogP contribution in [0.3, 0.4) is 0 Å². The minimum absolute atomic E-state index is 0.0177. The van der Waals surface area contributed by atoms with Gasteiger partial charge >= 0.3 is 26.2 Å². The van der Waals surface area contributed by atoms with Crippen LogP contribution in [-0.4, -0.2) is 27.9 Å². The third-order valence-electron chi connectivity index (χ3n) is 5.90. The maximum absolute atomic E-state index is 13.1. The van der Waals surface area contributed by atoms with Gasteiger partial charge < -0.3 is 18.2 Å². The Morgan fingerprint density at radius 3 is 1.65 bits per heavy atom. The first-order chi connectivity index (χ1) is 18.9. The van der Waals surface area contributed by atoms with Crippen LogP contribution < -0.4 is 13.1 Å². The molecule has 0 atom stereocenters. The Balaban J connectivity index is 1.85. The number of hydrogen-bond acceptors (Lipinski definition) is 8. The van der Waals surface area contributed by atoms with Gasteiger partial charge in [-0.3, -0.25) is 0 Å². The van der Waals surface area contributed by atoms with Gasteiger partial charge in [-0.05, 0) is 50.6 Å². The second-order valence-corrected chi connectivity index (χ2v) is 12.1. The lowest BCUT2D eigenvalue weighted by molar-refractivity contribution is 0.0689. The maximum atomic E-state index is 13.1. The number of rotatable bonds is 10. The maximum Gasteiger partial charge on any atom is 0.343 e. The van der Waals surface area contributed by atoms with Crippen molar-refractivity contribution in [1.82, 2.24) is 0 Å². The van der Waals surface area contributed by atoms with Gasteiger partial charge in [0.15, 0.2) is 11.5 Å². The number of ether oxygens (including phenoxy) is 1. The predicted molar refractivity (Wildman–Crippen MR) is 147 cm³/mol.